The topological polar surface area (TPSA) is 17.1 Å². The second kappa shape index (κ2) is 6.71. The summed E-state index contributed by atoms with van der Waals surface area (Å²) in [5.41, 5.74) is 3.83. The van der Waals surface area contributed by atoms with Crippen molar-refractivity contribution in [2.75, 3.05) is 5.75 Å². The second-order valence-electron chi connectivity index (χ2n) is 4.89. The Bertz CT molecular complexity index is 602. The van der Waals surface area contributed by atoms with E-state index in [0.29, 0.717) is 5.75 Å². The van der Waals surface area contributed by atoms with E-state index < -0.39 is 5.82 Å². The molecule has 2 aromatic rings. The summed E-state index contributed by atoms with van der Waals surface area (Å²) in [7, 11) is 0. The van der Waals surface area contributed by atoms with Crippen LogP contribution in [0.5, 0.6) is 0 Å². The van der Waals surface area contributed by atoms with E-state index in [2.05, 4.69) is 32.0 Å². The normalized spacial score (nSPS) is 10.6. The quantitative estimate of drug-likeness (QED) is 0.750. The predicted molar refractivity (Wildman–Crippen MR) is 82.8 cm³/mol. The lowest BCUT2D eigenvalue weighted by Crippen LogP contribution is -2.05. The molecule has 0 atom stereocenters. The average Bonchev–Trinajstić information content (AvgIpc) is 2.38. The number of carbonyl (C=O) groups is 1. The van der Waals surface area contributed by atoms with Gasteiger partial charge in [0, 0.05) is 5.75 Å². The van der Waals surface area contributed by atoms with E-state index >= 15 is 0 Å². The summed E-state index contributed by atoms with van der Waals surface area (Å²) in [6.45, 7) is 4.12. The molecule has 3 heteroatoms. The largest absolute Gasteiger partial charge is 0.293 e. The lowest BCUT2D eigenvalue weighted by Gasteiger charge is -2.05. The molecule has 0 spiro atoms. The van der Waals surface area contributed by atoms with Crippen LogP contribution in [0.15, 0.2) is 42.5 Å². The highest BCUT2D eigenvalue weighted by atomic mass is 32.2. The maximum absolute atomic E-state index is 13.5. The molecule has 0 fully saturated rings. The van der Waals surface area contributed by atoms with Crippen molar-refractivity contribution in [3.05, 3.63) is 70.5 Å². The van der Waals surface area contributed by atoms with E-state index in [0.717, 1.165) is 5.75 Å². The summed E-state index contributed by atoms with van der Waals surface area (Å²) in [6, 6.07) is 12.5. The molecule has 0 aromatic heterocycles. The highest BCUT2D eigenvalue weighted by molar-refractivity contribution is 7.99. The van der Waals surface area contributed by atoms with E-state index in [4.69, 9.17) is 0 Å². The van der Waals surface area contributed by atoms with Crippen LogP contribution >= 0.6 is 11.8 Å². The zero-order chi connectivity index (χ0) is 14.5. The van der Waals surface area contributed by atoms with Crippen LogP contribution in [-0.2, 0) is 5.75 Å². The Labute approximate surface area is 123 Å². The Morgan fingerprint density at radius 3 is 2.40 bits per heavy atom. The molecule has 104 valence electrons. The first-order chi connectivity index (χ1) is 9.56. The minimum absolute atomic E-state index is 0.155. The molecule has 2 rings (SSSR count). The SMILES string of the molecule is Cc1cc(C)cc(CSCC(=O)c2ccccc2F)c1. The fourth-order valence-electron chi connectivity index (χ4n) is 2.18. The Kier molecular flexibility index (Phi) is 4.96. The van der Waals surface area contributed by atoms with Crippen LogP contribution in [0.25, 0.3) is 0 Å². The average molecular weight is 288 g/mol. The van der Waals surface area contributed by atoms with Gasteiger partial charge in [0.05, 0.1) is 11.3 Å². The molecule has 0 amide bonds. The molecule has 0 saturated heterocycles. The van der Waals surface area contributed by atoms with Crippen molar-refractivity contribution in [3.8, 4) is 0 Å². The molecule has 0 unspecified atom stereocenters. The smallest absolute Gasteiger partial charge is 0.175 e. The summed E-state index contributed by atoms with van der Waals surface area (Å²) in [5, 5.41) is 0. The molecule has 0 aliphatic rings. The standard InChI is InChI=1S/C17H17FOS/c1-12-7-13(2)9-14(8-12)10-20-11-17(19)15-5-3-4-6-16(15)18/h3-9H,10-11H2,1-2H3. The number of carbonyl (C=O) groups excluding carboxylic acids is 1. The fourth-order valence-corrected chi connectivity index (χ4v) is 3.02. The summed E-state index contributed by atoms with van der Waals surface area (Å²) in [4.78, 5) is 11.9. The molecular weight excluding hydrogens is 271 g/mol. The highest BCUT2D eigenvalue weighted by Gasteiger charge is 2.10. The minimum atomic E-state index is -0.440. The van der Waals surface area contributed by atoms with Crippen LogP contribution in [0, 0.1) is 19.7 Å². The maximum Gasteiger partial charge on any atom is 0.175 e. The van der Waals surface area contributed by atoms with Crippen molar-refractivity contribution < 1.29 is 9.18 Å². The molecule has 0 heterocycles. The lowest BCUT2D eigenvalue weighted by atomic mass is 10.1. The van der Waals surface area contributed by atoms with Gasteiger partial charge in [0.2, 0.25) is 0 Å². The molecule has 2 aromatic carbocycles. The Morgan fingerprint density at radius 2 is 1.75 bits per heavy atom. The van der Waals surface area contributed by atoms with Crippen molar-refractivity contribution in [3.63, 3.8) is 0 Å². The van der Waals surface area contributed by atoms with Gasteiger partial charge in [-0.15, -0.1) is 11.8 Å². The number of halogens is 1. The number of aryl methyl sites for hydroxylation is 2. The third-order valence-corrected chi connectivity index (χ3v) is 3.96. The molecule has 20 heavy (non-hydrogen) atoms. The van der Waals surface area contributed by atoms with E-state index in [1.807, 2.05) is 0 Å². The summed E-state index contributed by atoms with van der Waals surface area (Å²) >= 11 is 1.52. The molecular formula is C17H17FOS. The Hall–Kier alpha value is -1.61. The molecule has 0 aliphatic carbocycles. The molecule has 0 radical (unpaired) electrons. The first-order valence-corrected chi connectivity index (χ1v) is 7.64. The van der Waals surface area contributed by atoms with E-state index in [1.165, 1.54) is 40.6 Å². The number of rotatable bonds is 5. The van der Waals surface area contributed by atoms with E-state index in [-0.39, 0.29) is 11.3 Å². The van der Waals surface area contributed by atoms with Crippen molar-refractivity contribution in [2.45, 2.75) is 19.6 Å². The Balaban J connectivity index is 1.93. The molecule has 1 nitrogen and oxygen atoms in total. The van der Waals surface area contributed by atoms with Gasteiger partial charge in [-0.05, 0) is 31.5 Å². The maximum atomic E-state index is 13.5. The van der Waals surface area contributed by atoms with Gasteiger partial charge in [-0.25, -0.2) is 4.39 Å². The van der Waals surface area contributed by atoms with Gasteiger partial charge < -0.3 is 0 Å². The lowest BCUT2D eigenvalue weighted by molar-refractivity contribution is 0.101. The van der Waals surface area contributed by atoms with Gasteiger partial charge in [-0.3, -0.25) is 4.79 Å². The number of thioether (sulfide) groups is 1. The van der Waals surface area contributed by atoms with E-state index in [9.17, 15) is 9.18 Å². The van der Waals surface area contributed by atoms with Crippen LogP contribution < -0.4 is 0 Å². The first kappa shape index (κ1) is 14.8. The van der Waals surface area contributed by atoms with Crippen LogP contribution in [-0.4, -0.2) is 11.5 Å². The predicted octanol–water partition coefficient (Wildman–Crippen LogP) is 4.56. The van der Waals surface area contributed by atoms with Gasteiger partial charge >= 0.3 is 0 Å². The first-order valence-electron chi connectivity index (χ1n) is 6.49. The number of hydrogen-bond donors (Lipinski definition) is 0. The number of benzene rings is 2. The van der Waals surface area contributed by atoms with Gasteiger partial charge in [0.1, 0.15) is 5.82 Å². The molecule has 0 N–H and O–H groups in total. The number of ketones is 1. The highest BCUT2D eigenvalue weighted by Crippen LogP contribution is 2.18. The van der Waals surface area contributed by atoms with Crippen molar-refractivity contribution in [1.29, 1.82) is 0 Å². The van der Waals surface area contributed by atoms with Gasteiger partial charge in [0.25, 0.3) is 0 Å². The molecule has 0 saturated carbocycles. The van der Waals surface area contributed by atoms with Crippen molar-refractivity contribution >= 4 is 17.5 Å². The van der Waals surface area contributed by atoms with Crippen molar-refractivity contribution in [1.82, 2.24) is 0 Å². The van der Waals surface area contributed by atoms with Gasteiger partial charge in [-0.2, -0.15) is 0 Å². The van der Waals surface area contributed by atoms with Crippen LogP contribution in [0.4, 0.5) is 4.39 Å². The third-order valence-electron chi connectivity index (χ3n) is 2.96. The number of Topliss-reactive ketones (excluding diaryl/α,β-unsaturated/α-hetero) is 1. The Morgan fingerprint density at radius 1 is 1.10 bits per heavy atom. The van der Waals surface area contributed by atoms with Gasteiger partial charge in [-0.1, -0.05) is 41.5 Å². The summed E-state index contributed by atoms with van der Waals surface area (Å²) < 4.78 is 13.5. The number of hydrogen-bond acceptors (Lipinski definition) is 2. The monoisotopic (exact) mass is 288 g/mol. The zero-order valence-electron chi connectivity index (χ0n) is 11.7. The fraction of sp³-hybridized carbons (Fsp3) is 0.235. The molecule has 0 bridgehead atoms. The van der Waals surface area contributed by atoms with Crippen LogP contribution in [0.1, 0.15) is 27.0 Å². The van der Waals surface area contributed by atoms with Crippen LogP contribution in [0.2, 0.25) is 0 Å². The second-order valence-corrected chi connectivity index (χ2v) is 5.88. The summed E-state index contributed by atoms with van der Waals surface area (Å²) in [6.07, 6.45) is 0. The van der Waals surface area contributed by atoms with Gasteiger partial charge in [0.15, 0.2) is 5.78 Å². The summed E-state index contributed by atoms with van der Waals surface area (Å²) in [5.74, 6) is 0.471. The zero-order valence-corrected chi connectivity index (χ0v) is 12.5. The minimum Gasteiger partial charge on any atom is -0.293 e. The van der Waals surface area contributed by atoms with E-state index in [1.54, 1.807) is 12.1 Å². The van der Waals surface area contributed by atoms with Crippen molar-refractivity contribution in [2.24, 2.45) is 0 Å². The van der Waals surface area contributed by atoms with Crippen LogP contribution in [0.3, 0.4) is 0 Å². The third kappa shape index (κ3) is 3.94. The molecule has 0 aliphatic heterocycles.